The molecule has 1 saturated carbocycles. The van der Waals surface area contributed by atoms with Crippen LogP contribution in [-0.4, -0.2) is 52.1 Å². The van der Waals surface area contributed by atoms with E-state index >= 15 is 0 Å². The van der Waals surface area contributed by atoms with Crippen LogP contribution in [0.1, 0.15) is 78.1 Å². The van der Waals surface area contributed by atoms with Crippen molar-refractivity contribution in [2.75, 3.05) is 6.54 Å². The van der Waals surface area contributed by atoms with Gasteiger partial charge >= 0.3 is 0 Å². The molecule has 196 valence electrons. The minimum atomic E-state index is -0.705. The summed E-state index contributed by atoms with van der Waals surface area (Å²) in [6.07, 6.45) is 5.61. The number of hydrogen-bond acceptors (Lipinski definition) is 4. The lowest BCUT2D eigenvalue weighted by molar-refractivity contribution is -0.141. The molecule has 37 heavy (non-hydrogen) atoms. The van der Waals surface area contributed by atoms with Crippen LogP contribution in [0.3, 0.4) is 0 Å². The van der Waals surface area contributed by atoms with Crippen LogP contribution in [0.4, 0.5) is 0 Å². The first-order valence-corrected chi connectivity index (χ1v) is 13.5. The third kappa shape index (κ3) is 6.33. The second kappa shape index (κ2) is 12.1. The number of benzene rings is 2. The summed E-state index contributed by atoms with van der Waals surface area (Å²) in [4.78, 5) is 54.5. The largest absolute Gasteiger partial charge is 0.352 e. The van der Waals surface area contributed by atoms with Crippen molar-refractivity contribution in [2.45, 2.75) is 70.5 Å². The lowest BCUT2D eigenvalue weighted by atomic mass is 9.95. The number of fused-ring (bicyclic) bond motifs is 1. The van der Waals surface area contributed by atoms with E-state index in [2.05, 4.69) is 5.32 Å². The molecular formula is C28H31Cl2N3O4. The van der Waals surface area contributed by atoms with Gasteiger partial charge in [-0.1, -0.05) is 60.7 Å². The summed E-state index contributed by atoms with van der Waals surface area (Å²) in [6.45, 7) is 2.03. The van der Waals surface area contributed by atoms with Crippen LogP contribution in [0.2, 0.25) is 10.0 Å². The summed E-state index contributed by atoms with van der Waals surface area (Å²) in [7, 11) is 0. The molecule has 0 spiro atoms. The zero-order valence-corrected chi connectivity index (χ0v) is 22.4. The summed E-state index contributed by atoms with van der Waals surface area (Å²) in [5.74, 6) is -1.13. The topological polar surface area (TPSA) is 86.8 Å². The van der Waals surface area contributed by atoms with E-state index in [9.17, 15) is 19.2 Å². The fraction of sp³-hybridized carbons (Fsp3) is 0.429. The van der Waals surface area contributed by atoms with E-state index in [-0.39, 0.29) is 49.2 Å². The molecule has 2 aromatic rings. The Balaban J connectivity index is 1.42. The minimum absolute atomic E-state index is 0.0791. The molecule has 1 aliphatic carbocycles. The number of carbonyl (C=O) groups is 4. The number of halogens is 2. The molecule has 1 aliphatic heterocycles. The predicted octanol–water partition coefficient (Wildman–Crippen LogP) is 5.24. The standard InChI is InChI=1S/C28H31Cl2N3O4/c1-18(26(35)31-20-8-3-2-4-9-20)33(17-19-13-14-23(29)24(30)16-19)25(34)12-7-15-32-27(36)21-10-5-6-11-22(21)28(32)37/h5-6,10-11,13-14,16,18,20H,2-4,7-9,12,15,17H2,1H3,(H,31,35). The Hall–Kier alpha value is -2.90. The molecule has 0 aromatic heterocycles. The number of imide groups is 1. The van der Waals surface area contributed by atoms with E-state index in [1.807, 2.05) is 0 Å². The van der Waals surface area contributed by atoms with E-state index in [0.717, 1.165) is 31.2 Å². The number of hydrogen-bond donors (Lipinski definition) is 1. The molecule has 4 amide bonds. The molecule has 2 aliphatic rings. The van der Waals surface area contributed by atoms with Gasteiger partial charge in [0.05, 0.1) is 21.2 Å². The summed E-state index contributed by atoms with van der Waals surface area (Å²) in [5, 5.41) is 3.89. The Morgan fingerprint density at radius 1 is 1.00 bits per heavy atom. The van der Waals surface area contributed by atoms with Crippen LogP contribution in [0.15, 0.2) is 42.5 Å². The van der Waals surface area contributed by atoms with Gasteiger partial charge in [-0.2, -0.15) is 0 Å². The van der Waals surface area contributed by atoms with Crippen molar-refractivity contribution in [1.82, 2.24) is 15.1 Å². The molecule has 1 atom stereocenters. The number of amides is 4. The monoisotopic (exact) mass is 543 g/mol. The van der Waals surface area contributed by atoms with Gasteiger partial charge in [0.25, 0.3) is 11.8 Å². The summed E-state index contributed by atoms with van der Waals surface area (Å²) < 4.78 is 0. The number of nitrogens with zero attached hydrogens (tertiary/aromatic N) is 2. The highest BCUT2D eigenvalue weighted by Crippen LogP contribution is 2.25. The predicted molar refractivity (Wildman–Crippen MR) is 143 cm³/mol. The number of rotatable bonds is 9. The van der Waals surface area contributed by atoms with Gasteiger partial charge in [-0.25, -0.2) is 0 Å². The average molecular weight is 544 g/mol. The molecule has 0 bridgehead atoms. The highest BCUT2D eigenvalue weighted by molar-refractivity contribution is 6.42. The van der Waals surface area contributed by atoms with E-state index in [4.69, 9.17) is 23.2 Å². The van der Waals surface area contributed by atoms with Crippen molar-refractivity contribution < 1.29 is 19.2 Å². The molecule has 2 aromatic carbocycles. The molecule has 9 heteroatoms. The Bertz CT molecular complexity index is 1160. The molecular weight excluding hydrogens is 513 g/mol. The van der Waals surface area contributed by atoms with Gasteiger partial charge in [-0.3, -0.25) is 24.1 Å². The van der Waals surface area contributed by atoms with Crippen LogP contribution in [0.25, 0.3) is 0 Å². The van der Waals surface area contributed by atoms with E-state index in [1.54, 1.807) is 49.4 Å². The normalized spacial score (nSPS) is 16.5. The fourth-order valence-corrected chi connectivity index (χ4v) is 5.28. The van der Waals surface area contributed by atoms with Crippen LogP contribution < -0.4 is 5.32 Å². The molecule has 0 saturated heterocycles. The van der Waals surface area contributed by atoms with Gasteiger partial charge in [0.15, 0.2) is 0 Å². The fourth-order valence-electron chi connectivity index (χ4n) is 4.96. The lowest BCUT2D eigenvalue weighted by Crippen LogP contribution is -2.50. The zero-order chi connectivity index (χ0) is 26.5. The number of nitrogens with one attached hydrogen (secondary N) is 1. The SMILES string of the molecule is CC(C(=O)NC1CCCCC1)N(Cc1ccc(Cl)c(Cl)c1)C(=O)CCCN1C(=O)c2ccccc2C1=O. The Morgan fingerprint density at radius 3 is 2.27 bits per heavy atom. The second-order valence-electron chi connectivity index (χ2n) is 9.70. The van der Waals surface area contributed by atoms with Crippen molar-refractivity contribution in [1.29, 1.82) is 0 Å². The van der Waals surface area contributed by atoms with Gasteiger partial charge in [-0.15, -0.1) is 0 Å². The van der Waals surface area contributed by atoms with Gasteiger partial charge in [0.2, 0.25) is 11.8 Å². The van der Waals surface area contributed by atoms with Crippen LogP contribution >= 0.6 is 23.2 Å². The van der Waals surface area contributed by atoms with Crippen molar-refractivity contribution in [3.63, 3.8) is 0 Å². The summed E-state index contributed by atoms with van der Waals surface area (Å²) in [6, 6.07) is 11.3. The maximum Gasteiger partial charge on any atom is 0.261 e. The third-order valence-corrected chi connectivity index (χ3v) is 7.85. The molecule has 7 nitrogen and oxygen atoms in total. The second-order valence-corrected chi connectivity index (χ2v) is 10.5. The highest BCUT2D eigenvalue weighted by atomic mass is 35.5. The van der Waals surface area contributed by atoms with E-state index < -0.39 is 6.04 Å². The molecule has 0 radical (unpaired) electrons. The van der Waals surface area contributed by atoms with Crippen molar-refractivity contribution >= 4 is 46.8 Å². The zero-order valence-electron chi connectivity index (χ0n) is 20.8. The Labute approximate surface area is 227 Å². The van der Waals surface area contributed by atoms with Crippen molar-refractivity contribution in [3.05, 3.63) is 69.2 Å². The van der Waals surface area contributed by atoms with Gasteiger partial charge in [0.1, 0.15) is 6.04 Å². The third-order valence-electron chi connectivity index (χ3n) is 7.11. The Kier molecular flexibility index (Phi) is 8.87. The molecule has 4 rings (SSSR count). The van der Waals surface area contributed by atoms with Crippen molar-refractivity contribution in [2.24, 2.45) is 0 Å². The van der Waals surface area contributed by atoms with E-state index in [1.165, 1.54) is 16.2 Å². The number of carbonyl (C=O) groups excluding carboxylic acids is 4. The first kappa shape index (κ1) is 27.1. The maximum atomic E-state index is 13.4. The average Bonchev–Trinajstić information content (AvgIpc) is 3.14. The lowest BCUT2D eigenvalue weighted by Gasteiger charge is -2.31. The molecule has 1 N–H and O–H groups in total. The van der Waals surface area contributed by atoms with Crippen LogP contribution in [0.5, 0.6) is 0 Å². The van der Waals surface area contributed by atoms with Gasteiger partial charge < -0.3 is 10.2 Å². The summed E-state index contributed by atoms with van der Waals surface area (Å²) >= 11 is 12.2. The van der Waals surface area contributed by atoms with Crippen LogP contribution in [-0.2, 0) is 16.1 Å². The quantitative estimate of drug-likeness (QED) is 0.438. The Morgan fingerprint density at radius 2 is 1.65 bits per heavy atom. The van der Waals surface area contributed by atoms with Gasteiger partial charge in [-0.05, 0) is 56.0 Å². The highest BCUT2D eigenvalue weighted by Gasteiger charge is 2.35. The molecule has 1 heterocycles. The van der Waals surface area contributed by atoms with Crippen LogP contribution in [0, 0.1) is 0 Å². The van der Waals surface area contributed by atoms with E-state index in [0.29, 0.717) is 27.6 Å². The first-order chi connectivity index (χ1) is 17.8. The summed E-state index contributed by atoms with van der Waals surface area (Å²) in [5.41, 5.74) is 1.52. The first-order valence-electron chi connectivity index (χ1n) is 12.7. The maximum absolute atomic E-state index is 13.4. The van der Waals surface area contributed by atoms with Gasteiger partial charge in [0, 0.05) is 25.6 Å². The molecule has 1 unspecified atom stereocenters. The van der Waals surface area contributed by atoms with Crippen molar-refractivity contribution in [3.8, 4) is 0 Å². The molecule has 1 fully saturated rings. The minimum Gasteiger partial charge on any atom is -0.352 e. The smallest absolute Gasteiger partial charge is 0.261 e.